The summed E-state index contributed by atoms with van der Waals surface area (Å²) >= 11 is 0. The highest BCUT2D eigenvalue weighted by Crippen LogP contribution is 2.16. The fourth-order valence-electron chi connectivity index (χ4n) is 3.83. The molecule has 25 heavy (non-hydrogen) atoms. The van der Waals surface area contributed by atoms with Gasteiger partial charge in [-0.15, -0.1) is 0 Å². The van der Waals surface area contributed by atoms with E-state index >= 15 is 0 Å². The van der Waals surface area contributed by atoms with Gasteiger partial charge in [-0.3, -0.25) is 0 Å². The smallest absolute Gasteiger partial charge is 0.115 e. The third kappa shape index (κ3) is 9.30. The Kier molecular flexibility index (Phi) is 11.6. The topological polar surface area (TPSA) is 20.2 Å². The van der Waals surface area contributed by atoms with Gasteiger partial charge in [-0.1, -0.05) is 57.6 Å². The van der Waals surface area contributed by atoms with E-state index in [-0.39, 0.29) is 0 Å². The van der Waals surface area contributed by atoms with Crippen LogP contribution in [0.1, 0.15) is 84.1 Å². The number of aryl methyl sites for hydroxylation is 1. The molecule has 0 fully saturated rings. The van der Waals surface area contributed by atoms with E-state index in [0.717, 1.165) is 6.42 Å². The van der Waals surface area contributed by atoms with Gasteiger partial charge in [0.15, 0.2) is 0 Å². The Morgan fingerprint density at radius 2 is 1.20 bits per heavy atom. The van der Waals surface area contributed by atoms with Crippen LogP contribution in [-0.4, -0.2) is 35.8 Å². The van der Waals surface area contributed by atoms with Crippen LogP contribution in [0.3, 0.4) is 0 Å². The molecular weight excluding hydrogens is 306 g/mol. The molecule has 1 aromatic carbocycles. The summed E-state index contributed by atoms with van der Waals surface area (Å²) in [5, 5.41) is 9.39. The molecule has 0 aliphatic rings. The largest absolute Gasteiger partial charge is 0.508 e. The van der Waals surface area contributed by atoms with Crippen molar-refractivity contribution in [3.8, 4) is 5.75 Å². The highest BCUT2D eigenvalue weighted by molar-refractivity contribution is 5.25. The molecule has 0 atom stereocenters. The second-order valence-corrected chi connectivity index (χ2v) is 7.67. The van der Waals surface area contributed by atoms with Crippen molar-refractivity contribution in [1.29, 1.82) is 0 Å². The summed E-state index contributed by atoms with van der Waals surface area (Å²) in [6.07, 6.45) is 13.6. The first-order valence-corrected chi connectivity index (χ1v) is 10.8. The quantitative estimate of drug-likeness (QED) is 0.290. The SMILES string of the molecule is CCCCCCCCCC[N+](CC)(CC)CCCc1ccc(O)cc1. The van der Waals surface area contributed by atoms with Crippen molar-refractivity contribution < 1.29 is 9.59 Å². The van der Waals surface area contributed by atoms with Gasteiger partial charge in [0.1, 0.15) is 5.75 Å². The average molecular weight is 349 g/mol. The number of phenolic OH excluding ortho intramolecular Hbond substituents is 1. The minimum Gasteiger partial charge on any atom is -0.508 e. The van der Waals surface area contributed by atoms with Crippen LogP contribution in [0, 0.1) is 0 Å². The standard InChI is InChI=1S/C23H41NO/c1-4-7-8-9-10-11-12-13-20-24(5-2,6-3)21-14-15-22-16-18-23(25)19-17-22/h16-19H,4-15,20-21H2,1-3H3/p+1. The van der Waals surface area contributed by atoms with E-state index in [9.17, 15) is 5.11 Å². The summed E-state index contributed by atoms with van der Waals surface area (Å²) in [7, 11) is 0. The second-order valence-electron chi connectivity index (χ2n) is 7.67. The number of phenols is 1. The number of nitrogens with zero attached hydrogens (tertiary/aromatic N) is 1. The molecule has 0 radical (unpaired) electrons. The maximum Gasteiger partial charge on any atom is 0.115 e. The van der Waals surface area contributed by atoms with Crippen LogP contribution < -0.4 is 0 Å². The van der Waals surface area contributed by atoms with Gasteiger partial charge in [0.25, 0.3) is 0 Å². The van der Waals surface area contributed by atoms with E-state index in [0.29, 0.717) is 5.75 Å². The molecule has 2 heteroatoms. The summed E-state index contributed by atoms with van der Waals surface area (Å²) in [5.74, 6) is 0.366. The van der Waals surface area contributed by atoms with E-state index in [1.807, 2.05) is 0 Å². The van der Waals surface area contributed by atoms with Crippen molar-refractivity contribution in [2.75, 3.05) is 26.2 Å². The summed E-state index contributed by atoms with van der Waals surface area (Å²) in [5.41, 5.74) is 1.34. The molecule has 144 valence electrons. The predicted molar refractivity (Wildman–Crippen MR) is 110 cm³/mol. The lowest BCUT2D eigenvalue weighted by molar-refractivity contribution is -0.925. The zero-order chi connectivity index (χ0) is 18.4. The lowest BCUT2D eigenvalue weighted by Gasteiger charge is -2.37. The third-order valence-corrected chi connectivity index (χ3v) is 5.86. The first-order valence-electron chi connectivity index (χ1n) is 10.8. The Morgan fingerprint density at radius 3 is 1.76 bits per heavy atom. The molecule has 0 aliphatic heterocycles. The molecule has 1 aromatic rings. The number of hydrogen-bond donors (Lipinski definition) is 1. The van der Waals surface area contributed by atoms with Gasteiger partial charge in [-0.2, -0.15) is 0 Å². The molecule has 2 nitrogen and oxygen atoms in total. The number of quaternary nitrogens is 1. The fourth-order valence-corrected chi connectivity index (χ4v) is 3.83. The molecule has 0 bridgehead atoms. The van der Waals surface area contributed by atoms with E-state index < -0.39 is 0 Å². The molecule has 0 amide bonds. The van der Waals surface area contributed by atoms with E-state index in [1.54, 1.807) is 12.1 Å². The van der Waals surface area contributed by atoms with Crippen molar-refractivity contribution in [2.24, 2.45) is 0 Å². The van der Waals surface area contributed by atoms with E-state index in [4.69, 9.17) is 0 Å². The molecule has 0 aromatic heterocycles. The zero-order valence-electron chi connectivity index (χ0n) is 17.1. The Balaban J connectivity index is 2.24. The molecule has 0 saturated carbocycles. The van der Waals surface area contributed by atoms with Crippen LogP contribution >= 0.6 is 0 Å². The Morgan fingerprint density at radius 1 is 0.680 bits per heavy atom. The lowest BCUT2D eigenvalue weighted by Crippen LogP contribution is -2.49. The molecular formula is C23H42NO+. The van der Waals surface area contributed by atoms with Gasteiger partial charge in [-0.05, 0) is 50.8 Å². The molecule has 1 N–H and O–H groups in total. The van der Waals surface area contributed by atoms with Crippen LogP contribution in [0.2, 0.25) is 0 Å². The monoisotopic (exact) mass is 348 g/mol. The summed E-state index contributed by atoms with van der Waals surface area (Å²) in [6, 6.07) is 7.72. The first kappa shape index (κ1) is 22.0. The average Bonchev–Trinajstić information content (AvgIpc) is 2.64. The minimum absolute atomic E-state index is 0.366. The second kappa shape index (κ2) is 13.2. The zero-order valence-corrected chi connectivity index (χ0v) is 17.1. The maximum absolute atomic E-state index is 9.39. The van der Waals surface area contributed by atoms with Crippen LogP contribution in [0.5, 0.6) is 5.75 Å². The number of hydrogen-bond acceptors (Lipinski definition) is 1. The van der Waals surface area contributed by atoms with Gasteiger partial charge in [0.05, 0.1) is 26.2 Å². The molecule has 0 heterocycles. The third-order valence-electron chi connectivity index (χ3n) is 5.86. The molecule has 0 aliphatic carbocycles. The molecule has 0 unspecified atom stereocenters. The maximum atomic E-state index is 9.39. The van der Waals surface area contributed by atoms with Crippen LogP contribution in [-0.2, 0) is 6.42 Å². The fraction of sp³-hybridized carbons (Fsp3) is 0.739. The highest BCUT2D eigenvalue weighted by Gasteiger charge is 2.21. The molecule has 0 spiro atoms. The summed E-state index contributed by atoms with van der Waals surface area (Å²) in [4.78, 5) is 0. The summed E-state index contributed by atoms with van der Waals surface area (Å²) in [6.45, 7) is 12.1. The van der Waals surface area contributed by atoms with Crippen molar-refractivity contribution in [1.82, 2.24) is 0 Å². The van der Waals surface area contributed by atoms with Crippen molar-refractivity contribution in [3.63, 3.8) is 0 Å². The van der Waals surface area contributed by atoms with Gasteiger partial charge < -0.3 is 9.59 Å². The number of unbranched alkanes of at least 4 members (excludes halogenated alkanes) is 7. The van der Waals surface area contributed by atoms with Gasteiger partial charge in [-0.25, -0.2) is 0 Å². The van der Waals surface area contributed by atoms with E-state index in [2.05, 4.69) is 32.9 Å². The number of benzene rings is 1. The van der Waals surface area contributed by atoms with Crippen molar-refractivity contribution in [2.45, 2.75) is 85.0 Å². The van der Waals surface area contributed by atoms with Gasteiger partial charge in [0.2, 0.25) is 0 Å². The number of aromatic hydroxyl groups is 1. The van der Waals surface area contributed by atoms with Crippen molar-refractivity contribution in [3.05, 3.63) is 29.8 Å². The van der Waals surface area contributed by atoms with Crippen LogP contribution in [0.15, 0.2) is 24.3 Å². The first-order chi connectivity index (χ1) is 12.2. The van der Waals surface area contributed by atoms with Crippen molar-refractivity contribution >= 4 is 0 Å². The molecule has 0 saturated heterocycles. The number of rotatable bonds is 15. The Labute approximate surface area is 156 Å². The summed E-state index contributed by atoms with van der Waals surface area (Å²) < 4.78 is 1.27. The van der Waals surface area contributed by atoms with Gasteiger partial charge >= 0.3 is 0 Å². The predicted octanol–water partition coefficient (Wildman–Crippen LogP) is 6.32. The van der Waals surface area contributed by atoms with Gasteiger partial charge in [0, 0.05) is 6.42 Å². The van der Waals surface area contributed by atoms with E-state index in [1.165, 1.54) is 94.0 Å². The minimum atomic E-state index is 0.366. The van der Waals surface area contributed by atoms with Crippen LogP contribution in [0.25, 0.3) is 0 Å². The molecule has 1 rings (SSSR count). The lowest BCUT2D eigenvalue weighted by atomic mass is 10.1. The highest BCUT2D eigenvalue weighted by atomic mass is 16.3. The Hall–Kier alpha value is -1.02. The van der Waals surface area contributed by atoms with Crippen LogP contribution in [0.4, 0.5) is 0 Å². The normalized spacial score (nSPS) is 11.8. The Bertz CT molecular complexity index is 422.